The number of halogens is 1. The van der Waals surface area contributed by atoms with Crippen molar-refractivity contribution in [2.75, 3.05) is 0 Å². The summed E-state index contributed by atoms with van der Waals surface area (Å²) < 4.78 is 0. The number of primary amides is 1. The number of nitrogens with one attached hydrogen (secondary N) is 1. The zero-order valence-corrected chi connectivity index (χ0v) is 11.5. The molecular formula is C13H18ClN3O2. The van der Waals surface area contributed by atoms with E-state index in [4.69, 9.17) is 23.1 Å². The molecule has 104 valence electrons. The van der Waals surface area contributed by atoms with Gasteiger partial charge in [0.1, 0.15) is 0 Å². The molecule has 1 aromatic rings. The topological polar surface area (TPSA) is 98.2 Å². The SMILES string of the molecule is CC[C@H](N)C(=O)N[C@H](CC(N)=O)c1cccc(Cl)c1. The summed E-state index contributed by atoms with van der Waals surface area (Å²) in [5.74, 6) is -0.816. The van der Waals surface area contributed by atoms with Crippen molar-refractivity contribution in [3.8, 4) is 0 Å². The molecule has 0 fully saturated rings. The fraction of sp³-hybridized carbons (Fsp3) is 0.385. The third-order valence-corrected chi connectivity index (χ3v) is 2.98. The summed E-state index contributed by atoms with van der Waals surface area (Å²) in [5.41, 5.74) is 11.6. The third kappa shape index (κ3) is 4.89. The molecule has 0 aliphatic carbocycles. The van der Waals surface area contributed by atoms with Crippen LogP contribution in [0.25, 0.3) is 0 Å². The van der Waals surface area contributed by atoms with Gasteiger partial charge in [-0.3, -0.25) is 9.59 Å². The number of carbonyl (C=O) groups excluding carboxylic acids is 2. The zero-order chi connectivity index (χ0) is 14.4. The van der Waals surface area contributed by atoms with Crippen LogP contribution in [0.5, 0.6) is 0 Å². The highest BCUT2D eigenvalue weighted by molar-refractivity contribution is 6.30. The van der Waals surface area contributed by atoms with Crippen LogP contribution in [0.2, 0.25) is 5.02 Å². The summed E-state index contributed by atoms with van der Waals surface area (Å²) in [4.78, 5) is 22.9. The fourth-order valence-electron chi connectivity index (χ4n) is 1.64. The predicted molar refractivity (Wildman–Crippen MR) is 74.4 cm³/mol. The lowest BCUT2D eigenvalue weighted by Crippen LogP contribution is -2.42. The maximum Gasteiger partial charge on any atom is 0.237 e. The van der Waals surface area contributed by atoms with Crippen LogP contribution in [0.15, 0.2) is 24.3 Å². The molecule has 0 spiro atoms. The molecule has 0 aliphatic heterocycles. The van der Waals surface area contributed by atoms with E-state index in [9.17, 15) is 9.59 Å². The molecule has 0 heterocycles. The van der Waals surface area contributed by atoms with Gasteiger partial charge in [-0.2, -0.15) is 0 Å². The van der Waals surface area contributed by atoms with E-state index in [0.29, 0.717) is 11.4 Å². The molecule has 0 saturated carbocycles. The minimum Gasteiger partial charge on any atom is -0.370 e. The largest absolute Gasteiger partial charge is 0.370 e. The molecule has 2 atom stereocenters. The average molecular weight is 284 g/mol. The molecule has 0 saturated heterocycles. The summed E-state index contributed by atoms with van der Waals surface area (Å²) in [6, 6.07) is 5.81. The van der Waals surface area contributed by atoms with E-state index in [2.05, 4.69) is 5.32 Å². The summed E-state index contributed by atoms with van der Waals surface area (Å²) >= 11 is 5.90. The van der Waals surface area contributed by atoms with Crippen LogP contribution in [0, 0.1) is 0 Å². The standard InChI is InChI=1S/C13H18ClN3O2/c1-2-10(15)13(19)17-11(7-12(16)18)8-4-3-5-9(14)6-8/h3-6,10-11H,2,7,15H2,1H3,(H2,16,18)(H,17,19)/t10-,11+/m0/s1. The van der Waals surface area contributed by atoms with Crippen molar-refractivity contribution in [1.29, 1.82) is 0 Å². The molecule has 5 N–H and O–H groups in total. The highest BCUT2D eigenvalue weighted by Gasteiger charge is 2.20. The second-order valence-electron chi connectivity index (χ2n) is 4.30. The highest BCUT2D eigenvalue weighted by Crippen LogP contribution is 2.20. The molecule has 0 aromatic heterocycles. The predicted octanol–water partition coefficient (Wildman–Crippen LogP) is 1.11. The highest BCUT2D eigenvalue weighted by atomic mass is 35.5. The first-order valence-electron chi connectivity index (χ1n) is 6.03. The summed E-state index contributed by atoms with van der Waals surface area (Å²) in [5, 5.41) is 3.25. The minimum atomic E-state index is -0.602. The van der Waals surface area contributed by atoms with Crippen molar-refractivity contribution >= 4 is 23.4 Å². The van der Waals surface area contributed by atoms with Gasteiger partial charge in [-0.05, 0) is 24.1 Å². The van der Waals surface area contributed by atoms with Gasteiger partial charge in [-0.1, -0.05) is 30.7 Å². The second kappa shape index (κ2) is 7.11. The number of hydrogen-bond donors (Lipinski definition) is 3. The molecular weight excluding hydrogens is 266 g/mol. The lowest BCUT2D eigenvalue weighted by Gasteiger charge is -2.20. The molecule has 0 bridgehead atoms. The van der Waals surface area contributed by atoms with Crippen LogP contribution < -0.4 is 16.8 Å². The molecule has 6 heteroatoms. The van der Waals surface area contributed by atoms with Gasteiger partial charge in [0, 0.05) is 5.02 Å². The molecule has 1 aromatic carbocycles. The summed E-state index contributed by atoms with van der Waals surface area (Å²) in [7, 11) is 0. The van der Waals surface area contributed by atoms with Crippen molar-refractivity contribution in [2.24, 2.45) is 11.5 Å². The lowest BCUT2D eigenvalue weighted by atomic mass is 10.0. The van der Waals surface area contributed by atoms with E-state index in [1.54, 1.807) is 24.3 Å². The van der Waals surface area contributed by atoms with Gasteiger partial charge >= 0.3 is 0 Å². The molecule has 5 nitrogen and oxygen atoms in total. The first-order valence-corrected chi connectivity index (χ1v) is 6.41. The number of rotatable bonds is 6. The van der Waals surface area contributed by atoms with Crippen molar-refractivity contribution in [1.82, 2.24) is 5.32 Å². The Kier molecular flexibility index (Phi) is 5.79. The van der Waals surface area contributed by atoms with Gasteiger partial charge in [-0.25, -0.2) is 0 Å². The maximum atomic E-state index is 11.8. The Bertz CT molecular complexity index is 465. The molecule has 2 amide bonds. The number of amides is 2. The Morgan fingerprint density at radius 3 is 2.63 bits per heavy atom. The van der Waals surface area contributed by atoms with Crippen molar-refractivity contribution in [3.05, 3.63) is 34.9 Å². The van der Waals surface area contributed by atoms with Gasteiger partial charge in [0.25, 0.3) is 0 Å². The number of benzene rings is 1. The molecule has 0 radical (unpaired) electrons. The number of hydrogen-bond acceptors (Lipinski definition) is 3. The minimum absolute atomic E-state index is 0.00250. The van der Waals surface area contributed by atoms with E-state index in [1.807, 2.05) is 6.92 Å². The van der Waals surface area contributed by atoms with Crippen LogP contribution in [0.4, 0.5) is 0 Å². The number of nitrogens with two attached hydrogens (primary N) is 2. The Hall–Kier alpha value is -1.59. The first-order chi connectivity index (χ1) is 8.93. The normalized spacial score (nSPS) is 13.6. The van der Waals surface area contributed by atoms with E-state index >= 15 is 0 Å². The van der Waals surface area contributed by atoms with Crippen LogP contribution in [-0.2, 0) is 9.59 Å². The van der Waals surface area contributed by atoms with Crippen LogP contribution >= 0.6 is 11.6 Å². The molecule has 0 unspecified atom stereocenters. The maximum absolute atomic E-state index is 11.8. The second-order valence-corrected chi connectivity index (χ2v) is 4.74. The van der Waals surface area contributed by atoms with Gasteiger partial charge in [-0.15, -0.1) is 0 Å². The summed E-state index contributed by atoms with van der Waals surface area (Å²) in [6.45, 7) is 1.81. The first kappa shape index (κ1) is 15.5. The van der Waals surface area contributed by atoms with Crippen LogP contribution in [-0.4, -0.2) is 17.9 Å². The summed E-state index contributed by atoms with van der Waals surface area (Å²) in [6.07, 6.45) is 0.521. The van der Waals surface area contributed by atoms with Crippen molar-refractivity contribution in [2.45, 2.75) is 31.8 Å². The Labute approximate surface area is 117 Å². The quantitative estimate of drug-likeness (QED) is 0.729. The van der Waals surface area contributed by atoms with Gasteiger partial charge in [0.05, 0.1) is 18.5 Å². The molecule has 1 rings (SSSR count). The Morgan fingerprint density at radius 1 is 1.42 bits per heavy atom. The van der Waals surface area contributed by atoms with Crippen LogP contribution in [0.1, 0.15) is 31.4 Å². The van der Waals surface area contributed by atoms with Crippen LogP contribution in [0.3, 0.4) is 0 Å². The van der Waals surface area contributed by atoms with E-state index in [0.717, 1.165) is 5.56 Å². The van der Waals surface area contributed by atoms with Gasteiger partial charge in [0.2, 0.25) is 11.8 Å². The van der Waals surface area contributed by atoms with Gasteiger partial charge < -0.3 is 16.8 Å². The molecule has 0 aliphatic rings. The third-order valence-electron chi connectivity index (χ3n) is 2.75. The lowest BCUT2D eigenvalue weighted by molar-refractivity contribution is -0.123. The van der Waals surface area contributed by atoms with E-state index < -0.39 is 18.0 Å². The average Bonchev–Trinajstić information content (AvgIpc) is 2.36. The monoisotopic (exact) mass is 283 g/mol. The fourth-order valence-corrected chi connectivity index (χ4v) is 1.84. The smallest absolute Gasteiger partial charge is 0.237 e. The van der Waals surface area contributed by atoms with Gasteiger partial charge in [0.15, 0.2) is 0 Å². The Morgan fingerprint density at radius 2 is 2.11 bits per heavy atom. The van der Waals surface area contributed by atoms with E-state index in [1.165, 1.54) is 0 Å². The number of carbonyl (C=O) groups is 2. The van der Waals surface area contributed by atoms with Crippen molar-refractivity contribution in [3.63, 3.8) is 0 Å². The van der Waals surface area contributed by atoms with Crippen molar-refractivity contribution < 1.29 is 9.59 Å². The zero-order valence-electron chi connectivity index (χ0n) is 10.7. The van der Waals surface area contributed by atoms with E-state index in [-0.39, 0.29) is 12.3 Å². The Balaban J connectivity index is 2.89. The molecule has 19 heavy (non-hydrogen) atoms.